The SMILES string of the molecule is COCCN1CCN(c2ccc(NC(=O)c3c(Nc4cnc5c(c4C)NCC(C)O5)cc[nH]c3=O)cc2)CC1. The summed E-state index contributed by atoms with van der Waals surface area (Å²) in [5, 5.41) is 9.43. The lowest BCUT2D eigenvalue weighted by Crippen LogP contribution is -2.47. The fraction of sp³-hybridized carbons (Fsp3) is 0.393. The van der Waals surface area contributed by atoms with Crippen molar-refractivity contribution in [3.05, 3.63) is 64.2 Å². The monoisotopic (exact) mass is 533 g/mol. The van der Waals surface area contributed by atoms with Crippen molar-refractivity contribution >= 4 is 34.3 Å². The lowest BCUT2D eigenvalue weighted by Gasteiger charge is -2.36. The first-order valence-corrected chi connectivity index (χ1v) is 13.2. The average Bonchev–Trinajstić information content (AvgIpc) is 2.94. The summed E-state index contributed by atoms with van der Waals surface area (Å²) in [7, 11) is 1.73. The van der Waals surface area contributed by atoms with Gasteiger partial charge in [0, 0.05) is 63.0 Å². The number of methoxy groups -OCH3 is 1. The summed E-state index contributed by atoms with van der Waals surface area (Å²) >= 11 is 0. The highest BCUT2D eigenvalue weighted by Gasteiger charge is 2.23. The molecule has 1 fully saturated rings. The number of amides is 1. The van der Waals surface area contributed by atoms with Gasteiger partial charge in [-0.15, -0.1) is 0 Å². The van der Waals surface area contributed by atoms with Crippen LogP contribution in [0.1, 0.15) is 22.8 Å². The van der Waals surface area contributed by atoms with Gasteiger partial charge >= 0.3 is 0 Å². The van der Waals surface area contributed by atoms with Gasteiger partial charge in [-0.3, -0.25) is 14.5 Å². The number of nitrogens with zero attached hydrogens (tertiary/aromatic N) is 3. The molecule has 39 heavy (non-hydrogen) atoms. The van der Waals surface area contributed by atoms with E-state index in [0.29, 0.717) is 29.5 Å². The number of hydrogen-bond acceptors (Lipinski definition) is 9. The van der Waals surface area contributed by atoms with Gasteiger partial charge in [-0.25, -0.2) is 4.98 Å². The molecule has 2 aliphatic rings. The van der Waals surface area contributed by atoms with Gasteiger partial charge in [-0.05, 0) is 44.2 Å². The van der Waals surface area contributed by atoms with Gasteiger partial charge in [0.2, 0.25) is 5.88 Å². The van der Waals surface area contributed by atoms with E-state index in [9.17, 15) is 9.59 Å². The molecule has 0 saturated carbocycles. The number of piperazine rings is 1. The number of hydrogen-bond donors (Lipinski definition) is 4. The zero-order valence-electron chi connectivity index (χ0n) is 22.5. The summed E-state index contributed by atoms with van der Waals surface area (Å²) in [6.45, 7) is 10.1. The van der Waals surface area contributed by atoms with Crippen molar-refractivity contribution in [2.24, 2.45) is 0 Å². The highest BCUT2D eigenvalue weighted by molar-refractivity contribution is 6.08. The Hall–Kier alpha value is -4.09. The molecule has 1 amide bonds. The molecule has 0 aliphatic carbocycles. The Labute approximate surface area is 227 Å². The minimum Gasteiger partial charge on any atom is -0.471 e. The van der Waals surface area contributed by atoms with E-state index >= 15 is 0 Å². The van der Waals surface area contributed by atoms with Crippen molar-refractivity contribution in [1.29, 1.82) is 0 Å². The summed E-state index contributed by atoms with van der Waals surface area (Å²) in [6, 6.07) is 9.37. The normalized spacial score (nSPS) is 17.1. The molecule has 1 aromatic carbocycles. The third-order valence-corrected chi connectivity index (χ3v) is 7.11. The fourth-order valence-electron chi connectivity index (χ4n) is 4.83. The molecule has 11 heteroatoms. The van der Waals surface area contributed by atoms with Crippen molar-refractivity contribution < 1.29 is 14.3 Å². The molecule has 0 radical (unpaired) electrons. The Bertz CT molecular complexity index is 1370. The van der Waals surface area contributed by atoms with Gasteiger partial charge < -0.3 is 35.3 Å². The highest BCUT2D eigenvalue weighted by atomic mass is 16.5. The van der Waals surface area contributed by atoms with Crippen LogP contribution in [0, 0.1) is 6.92 Å². The van der Waals surface area contributed by atoms with Crippen LogP contribution in [0.5, 0.6) is 5.88 Å². The largest absolute Gasteiger partial charge is 0.471 e. The smallest absolute Gasteiger partial charge is 0.263 e. The topological polar surface area (TPSA) is 124 Å². The Balaban J connectivity index is 1.27. The first-order valence-electron chi connectivity index (χ1n) is 13.2. The lowest BCUT2D eigenvalue weighted by atomic mass is 10.1. The zero-order valence-corrected chi connectivity index (χ0v) is 22.5. The lowest BCUT2D eigenvalue weighted by molar-refractivity contribution is 0.102. The van der Waals surface area contributed by atoms with Crippen molar-refractivity contribution in [1.82, 2.24) is 14.9 Å². The molecule has 11 nitrogen and oxygen atoms in total. The van der Waals surface area contributed by atoms with Crippen LogP contribution in [0.3, 0.4) is 0 Å². The maximum atomic E-state index is 13.3. The van der Waals surface area contributed by atoms with Gasteiger partial charge in [-0.2, -0.15) is 0 Å². The molecule has 1 atom stereocenters. The molecule has 4 N–H and O–H groups in total. The van der Waals surface area contributed by atoms with Crippen LogP contribution in [0.15, 0.2) is 47.5 Å². The molecule has 0 bridgehead atoms. The molecule has 206 valence electrons. The van der Waals surface area contributed by atoms with Crippen LogP contribution in [0.25, 0.3) is 0 Å². The Morgan fingerprint density at radius 1 is 1.15 bits per heavy atom. The van der Waals surface area contributed by atoms with Crippen molar-refractivity contribution in [3.8, 4) is 5.88 Å². The fourth-order valence-corrected chi connectivity index (χ4v) is 4.83. The zero-order chi connectivity index (χ0) is 27.4. The number of H-pyrrole nitrogens is 1. The molecule has 2 aromatic heterocycles. The molecular weight excluding hydrogens is 498 g/mol. The van der Waals surface area contributed by atoms with Crippen molar-refractivity contribution in [2.75, 3.05) is 73.8 Å². The summed E-state index contributed by atoms with van der Waals surface area (Å²) in [5.74, 6) is 0.0369. The maximum absolute atomic E-state index is 13.3. The Morgan fingerprint density at radius 3 is 2.67 bits per heavy atom. The van der Waals surface area contributed by atoms with E-state index in [-0.39, 0.29) is 11.7 Å². The number of benzene rings is 1. The van der Waals surface area contributed by atoms with E-state index in [1.807, 2.05) is 38.1 Å². The Kier molecular flexibility index (Phi) is 7.99. The van der Waals surface area contributed by atoms with Gasteiger partial charge in [0.1, 0.15) is 17.4 Å². The van der Waals surface area contributed by atoms with E-state index in [0.717, 1.165) is 56.3 Å². The van der Waals surface area contributed by atoms with Crippen LogP contribution < -0.4 is 31.1 Å². The maximum Gasteiger partial charge on any atom is 0.263 e. The van der Waals surface area contributed by atoms with Crippen molar-refractivity contribution in [3.63, 3.8) is 0 Å². The van der Waals surface area contributed by atoms with Gasteiger partial charge in [-0.1, -0.05) is 0 Å². The number of anilines is 5. The van der Waals surface area contributed by atoms with E-state index in [1.165, 1.54) is 6.20 Å². The second kappa shape index (κ2) is 11.7. The minimum atomic E-state index is -0.502. The first kappa shape index (κ1) is 26.5. The predicted molar refractivity (Wildman–Crippen MR) is 153 cm³/mol. The highest BCUT2D eigenvalue weighted by Crippen LogP contribution is 2.35. The van der Waals surface area contributed by atoms with Gasteiger partial charge in [0.05, 0.1) is 30.7 Å². The number of aromatic nitrogens is 2. The minimum absolute atomic E-state index is 0.0105. The molecule has 3 aromatic rings. The van der Waals surface area contributed by atoms with Crippen LogP contribution >= 0.6 is 0 Å². The number of rotatable bonds is 8. The van der Waals surface area contributed by atoms with Gasteiger partial charge in [0.25, 0.3) is 11.5 Å². The van der Waals surface area contributed by atoms with Gasteiger partial charge in [0.15, 0.2) is 0 Å². The number of pyridine rings is 2. The number of nitrogens with one attached hydrogen (secondary N) is 4. The summed E-state index contributed by atoms with van der Waals surface area (Å²) in [6.07, 6.45) is 3.18. The number of ether oxygens (including phenoxy) is 2. The van der Waals surface area contributed by atoms with Crippen LogP contribution in [0.4, 0.5) is 28.4 Å². The summed E-state index contributed by atoms with van der Waals surface area (Å²) < 4.78 is 11.0. The average molecular weight is 534 g/mol. The second-order valence-electron chi connectivity index (χ2n) is 9.83. The molecule has 4 heterocycles. The molecule has 0 spiro atoms. The molecule has 1 unspecified atom stereocenters. The third-order valence-electron chi connectivity index (χ3n) is 7.11. The number of carbonyl (C=O) groups excluding carboxylic acids is 1. The van der Waals surface area contributed by atoms with E-state index in [1.54, 1.807) is 19.4 Å². The summed E-state index contributed by atoms with van der Waals surface area (Å²) in [5.41, 5.74) is 3.95. The number of aromatic amines is 1. The van der Waals surface area contributed by atoms with Crippen molar-refractivity contribution in [2.45, 2.75) is 20.0 Å². The molecule has 1 saturated heterocycles. The quantitative estimate of drug-likeness (QED) is 0.346. The van der Waals surface area contributed by atoms with Crippen LogP contribution in [0.2, 0.25) is 0 Å². The first-order chi connectivity index (χ1) is 18.9. The van der Waals surface area contributed by atoms with E-state index < -0.39 is 11.5 Å². The molecular formula is C28H35N7O4. The molecule has 2 aliphatic heterocycles. The van der Waals surface area contributed by atoms with Crippen LogP contribution in [-0.4, -0.2) is 79.9 Å². The summed E-state index contributed by atoms with van der Waals surface area (Å²) in [4.78, 5) is 37.7. The Morgan fingerprint density at radius 2 is 1.92 bits per heavy atom. The predicted octanol–water partition coefficient (Wildman–Crippen LogP) is 3.04. The number of carbonyl (C=O) groups is 1. The standard InChI is InChI=1S/C28H35N7O4/c1-18-16-30-25-19(2)23(17-31-28(25)39-18)33-22-8-9-29-26(36)24(22)27(37)32-20-4-6-21(7-5-20)35-12-10-34(11-13-35)14-15-38-3/h4-9,17-18,30H,10-16H2,1-3H3,(H,32,37)(H2,29,33,36). The molecule has 5 rings (SSSR count). The van der Waals surface area contributed by atoms with Crippen LogP contribution in [-0.2, 0) is 4.74 Å². The third kappa shape index (κ3) is 5.99. The van der Waals surface area contributed by atoms with E-state index in [2.05, 4.69) is 35.7 Å². The number of fused-ring (bicyclic) bond motifs is 1. The van der Waals surface area contributed by atoms with E-state index in [4.69, 9.17) is 9.47 Å². The second-order valence-corrected chi connectivity index (χ2v) is 9.83.